The van der Waals surface area contributed by atoms with Crippen molar-refractivity contribution in [2.45, 2.75) is 0 Å². The Labute approximate surface area is 72.9 Å². The summed E-state index contributed by atoms with van der Waals surface area (Å²) < 4.78 is 1.36. The van der Waals surface area contributed by atoms with Crippen LogP contribution in [-0.4, -0.2) is 21.9 Å². The third-order valence-corrected chi connectivity index (χ3v) is 2.12. The van der Waals surface area contributed by atoms with Gasteiger partial charge in [-0.05, 0) is 19.0 Å². The SMILES string of the molecule is CNCSn1ccc(=O)[nH]c1=O. The Kier molecular flexibility index (Phi) is 3.12. The molecule has 1 aromatic heterocycles. The maximum atomic E-state index is 11.0. The van der Waals surface area contributed by atoms with Crippen molar-refractivity contribution in [2.24, 2.45) is 0 Å². The summed E-state index contributed by atoms with van der Waals surface area (Å²) >= 11 is 1.28. The van der Waals surface area contributed by atoms with Crippen molar-refractivity contribution >= 4 is 11.9 Å². The molecule has 0 unspecified atom stereocenters. The van der Waals surface area contributed by atoms with Gasteiger partial charge in [-0.15, -0.1) is 0 Å². The molecule has 0 aliphatic heterocycles. The van der Waals surface area contributed by atoms with Gasteiger partial charge in [-0.3, -0.25) is 9.78 Å². The van der Waals surface area contributed by atoms with Gasteiger partial charge in [0.25, 0.3) is 5.56 Å². The molecule has 1 aromatic rings. The first-order chi connectivity index (χ1) is 5.74. The highest BCUT2D eigenvalue weighted by Crippen LogP contribution is 1.95. The summed E-state index contributed by atoms with van der Waals surface area (Å²) in [6.45, 7) is 0. The summed E-state index contributed by atoms with van der Waals surface area (Å²) in [5.41, 5.74) is -0.774. The second kappa shape index (κ2) is 4.13. The van der Waals surface area contributed by atoms with Gasteiger partial charge in [0.15, 0.2) is 0 Å². The van der Waals surface area contributed by atoms with Crippen LogP contribution in [0.3, 0.4) is 0 Å². The van der Waals surface area contributed by atoms with Gasteiger partial charge < -0.3 is 5.32 Å². The van der Waals surface area contributed by atoms with E-state index in [-0.39, 0.29) is 5.56 Å². The molecule has 12 heavy (non-hydrogen) atoms. The first kappa shape index (κ1) is 9.08. The number of nitrogens with one attached hydrogen (secondary N) is 2. The minimum Gasteiger partial charge on any atom is -0.309 e. The van der Waals surface area contributed by atoms with Gasteiger partial charge in [0.2, 0.25) is 0 Å². The van der Waals surface area contributed by atoms with Crippen LogP contribution in [0.25, 0.3) is 0 Å². The molecule has 1 heterocycles. The topological polar surface area (TPSA) is 66.9 Å². The van der Waals surface area contributed by atoms with Crippen molar-refractivity contribution in [3.05, 3.63) is 33.1 Å². The van der Waals surface area contributed by atoms with Crippen LogP contribution in [0.4, 0.5) is 0 Å². The zero-order valence-electron chi connectivity index (χ0n) is 6.53. The van der Waals surface area contributed by atoms with E-state index in [1.165, 1.54) is 28.2 Å². The number of hydrogen-bond donors (Lipinski definition) is 2. The molecule has 0 saturated carbocycles. The molecule has 0 atom stereocenters. The number of aromatic nitrogens is 2. The summed E-state index contributed by atoms with van der Waals surface area (Å²) in [6.07, 6.45) is 1.45. The number of H-pyrrole nitrogens is 1. The van der Waals surface area contributed by atoms with Gasteiger partial charge >= 0.3 is 5.69 Å². The second-order valence-corrected chi connectivity index (χ2v) is 3.00. The van der Waals surface area contributed by atoms with Crippen LogP contribution in [-0.2, 0) is 0 Å². The van der Waals surface area contributed by atoms with Crippen molar-refractivity contribution in [2.75, 3.05) is 12.9 Å². The van der Waals surface area contributed by atoms with E-state index in [1.54, 1.807) is 7.05 Å². The molecule has 0 aliphatic rings. The quantitative estimate of drug-likeness (QED) is 0.609. The molecule has 66 valence electrons. The van der Waals surface area contributed by atoms with Crippen LogP contribution in [0.5, 0.6) is 0 Å². The number of rotatable bonds is 3. The highest BCUT2D eigenvalue weighted by atomic mass is 32.2. The van der Waals surface area contributed by atoms with Gasteiger partial charge in [-0.25, -0.2) is 8.77 Å². The molecule has 5 nitrogen and oxygen atoms in total. The minimum absolute atomic E-state index is 0.374. The lowest BCUT2D eigenvalue weighted by atomic mass is 10.7. The molecule has 0 fully saturated rings. The Morgan fingerprint density at radius 1 is 1.67 bits per heavy atom. The van der Waals surface area contributed by atoms with E-state index < -0.39 is 5.69 Å². The monoisotopic (exact) mass is 187 g/mol. The molecule has 0 spiro atoms. The number of hydrogen-bond acceptors (Lipinski definition) is 4. The Morgan fingerprint density at radius 2 is 2.42 bits per heavy atom. The van der Waals surface area contributed by atoms with E-state index in [2.05, 4.69) is 10.3 Å². The van der Waals surface area contributed by atoms with E-state index in [4.69, 9.17) is 0 Å². The average molecular weight is 187 g/mol. The molecule has 1 rings (SSSR count). The Hall–Kier alpha value is -1.01. The Balaban J connectivity index is 2.87. The third kappa shape index (κ3) is 2.24. The van der Waals surface area contributed by atoms with E-state index in [1.807, 2.05) is 0 Å². The van der Waals surface area contributed by atoms with Crippen molar-refractivity contribution in [3.8, 4) is 0 Å². The largest absolute Gasteiger partial charge is 0.338 e. The fourth-order valence-corrected chi connectivity index (χ4v) is 1.22. The standard InChI is InChI=1S/C6H9N3O2S/c1-7-4-12-9-3-2-5(10)8-6(9)11/h2-3,7H,4H2,1H3,(H,8,10,11). The van der Waals surface area contributed by atoms with Crippen molar-refractivity contribution < 1.29 is 0 Å². The summed E-state index contributed by atoms with van der Waals surface area (Å²) in [7, 11) is 1.78. The van der Waals surface area contributed by atoms with Crippen LogP contribution in [0.2, 0.25) is 0 Å². The van der Waals surface area contributed by atoms with E-state index >= 15 is 0 Å². The lowest BCUT2D eigenvalue weighted by Gasteiger charge is -2.00. The Morgan fingerprint density at radius 3 is 3.00 bits per heavy atom. The molecule has 0 saturated heterocycles. The van der Waals surface area contributed by atoms with Crippen molar-refractivity contribution in [1.82, 2.24) is 14.3 Å². The highest BCUT2D eigenvalue weighted by Gasteiger charge is 1.94. The average Bonchev–Trinajstić information content (AvgIpc) is 2.03. The molecular formula is C6H9N3O2S. The first-order valence-corrected chi connectivity index (χ1v) is 4.28. The summed E-state index contributed by atoms with van der Waals surface area (Å²) in [5, 5.41) is 2.87. The molecule has 0 radical (unpaired) electrons. The maximum absolute atomic E-state index is 11.0. The molecule has 0 aromatic carbocycles. The van der Waals surface area contributed by atoms with Gasteiger partial charge in [-0.1, -0.05) is 0 Å². The lowest BCUT2D eigenvalue weighted by molar-refractivity contribution is 0.949. The predicted molar refractivity (Wildman–Crippen MR) is 48.2 cm³/mol. The van der Waals surface area contributed by atoms with Gasteiger partial charge in [-0.2, -0.15) is 0 Å². The van der Waals surface area contributed by atoms with Crippen LogP contribution in [0.1, 0.15) is 0 Å². The third-order valence-electron chi connectivity index (χ3n) is 1.14. The first-order valence-electron chi connectivity index (χ1n) is 3.34. The second-order valence-electron chi connectivity index (χ2n) is 2.06. The number of nitrogens with zero attached hydrogens (tertiary/aromatic N) is 1. The smallest absolute Gasteiger partial charge is 0.309 e. The molecule has 6 heteroatoms. The molecular weight excluding hydrogens is 178 g/mol. The van der Waals surface area contributed by atoms with Crippen molar-refractivity contribution in [1.29, 1.82) is 0 Å². The van der Waals surface area contributed by atoms with E-state index in [0.717, 1.165) is 0 Å². The van der Waals surface area contributed by atoms with Gasteiger partial charge in [0, 0.05) is 12.3 Å². The Bertz CT molecular complexity index is 356. The fraction of sp³-hybridized carbons (Fsp3) is 0.333. The zero-order valence-corrected chi connectivity index (χ0v) is 7.35. The van der Waals surface area contributed by atoms with Crippen LogP contribution >= 0.6 is 11.9 Å². The van der Waals surface area contributed by atoms with Gasteiger partial charge in [0.05, 0.1) is 5.88 Å². The van der Waals surface area contributed by atoms with Crippen LogP contribution < -0.4 is 16.6 Å². The van der Waals surface area contributed by atoms with Crippen LogP contribution in [0, 0.1) is 0 Å². The summed E-state index contributed by atoms with van der Waals surface area (Å²) in [4.78, 5) is 23.8. The molecule has 0 amide bonds. The van der Waals surface area contributed by atoms with Gasteiger partial charge in [0.1, 0.15) is 0 Å². The van der Waals surface area contributed by atoms with Crippen LogP contribution in [0.15, 0.2) is 21.9 Å². The molecule has 0 aliphatic carbocycles. The summed E-state index contributed by atoms with van der Waals surface area (Å²) in [6, 6.07) is 1.31. The fourth-order valence-electron chi connectivity index (χ4n) is 0.641. The maximum Gasteiger partial charge on any atom is 0.338 e. The van der Waals surface area contributed by atoms with Crippen molar-refractivity contribution in [3.63, 3.8) is 0 Å². The van der Waals surface area contributed by atoms with E-state index in [9.17, 15) is 9.59 Å². The lowest BCUT2D eigenvalue weighted by Crippen LogP contribution is -2.26. The summed E-state index contributed by atoms with van der Waals surface area (Å²) in [5.74, 6) is 0.617. The predicted octanol–water partition coefficient (Wildman–Crippen LogP) is -0.790. The van der Waals surface area contributed by atoms with E-state index in [0.29, 0.717) is 5.88 Å². The highest BCUT2D eigenvalue weighted by molar-refractivity contribution is 7.97. The molecule has 0 bridgehead atoms. The zero-order chi connectivity index (χ0) is 8.97. The molecule has 2 N–H and O–H groups in total. The minimum atomic E-state index is -0.400. The number of aromatic amines is 1. The normalized spacial score (nSPS) is 10.1.